The maximum absolute atomic E-state index is 11.9. The summed E-state index contributed by atoms with van der Waals surface area (Å²) in [6.45, 7) is 3.72. The van der Waals surface area contributed by atoms with Gasteiger partial charge in [0, 0.05) is 5.69 Å². The fourth-order valence-electron chi connectivity index (χ4n) is 1.87. The molecule has 0 saturated heterocycles. The van der Waals surface area contributed by atoms with Crippen LogP contribution in [0.5, 0.6) is 0 Å². The number of hydrogen-bond donors (Lipinski definition) is 3. The SMILES string of the molecule is CCCC[C@H](N)C(=O)Nc1ccc(C)c(S(=O)(=O)NC)c1. The summed E-state index contributed by atoms with van der Waals surface area (Å²) in [6, 6.07) is 4.16. The van der Waals surface area contributed by atoms with E-state index in [1.807, 2.05) is 6.92 Å². The first-order valence-corrected chi connectivity index (χ1v) is 8.40. The van der Waals surface area contributed by atoms with Gasteiger partial charge >= 0.3 is 0 Å². The molecule has 0 unspecified atom stereocenters. The van der Waals surface area contributed by atoms with Crippen LogP contribution in [0, 0.1) is 6.92 Å². The fraction of sp³-hybridized carbons (Fsp3) is 0.500. The van der Waals surface area contributed by atoms with E-state index in [9.17, 15) is 13.2 Å². The van der Waals surface area contributed by atoms with Crippen LogP contribution in [0.25, 0.3) is 0 Å². The van der Waals surface area contributed by atoms with Crippen LogP contribution in [-0.4, -0.2) is 27.4 Å². The zero-order valence-corrected chi connectivity index (χ0v) is 13.5. The number of unbranched alkanes of at least 4 members (excludes halogenated alkanes) is 1. The lowest BCUT2D eigenvalue weighted by atomic mass is 10.1. The van der Waals surface area contributed by atoms with Gasteiger partial charge in [0.25, 0.3) is 0 Å². The van der Waals surface area contributed by atoms with Crippen LogP contribution >= 0.6 is 0 Å². The highest BCUT2D eigenvalue weighted by Crippen LogP contribution is 2.20. The molecule has 0 aromatic heterocycles. The van der Waals surface area contributed by atoms with Gasteiger partial charge in [-0.15, -0.1) is 0 Å². The van der Waals surface area contributed by atoms with Crippen molar-refractivity contribution >= 4 is 21.6 Å². The van der Waals surface area contributed by atoms with Crippen molar-refractivity contribution in [3.63, 3.8) is 0 Å². The van der Waals surface area contributed by atoms with Gasteiger partial charge in [0.05, 0.1) is 10.9 Å². The van der Waals surface area contributed by atoms with Crippen LogP contribution in [0.1, 0.15) is 31.7 Å². The van der Waals surface area contributed by atoms with E-state index in [1.165, 1.54) is 13.1 Å². The van der Waals surface area contributed by atoms with Gasteiger partial charge in [0.15, 0.2) is 0 Å². The molecule has 118 valence electrons. The van der Waals surface area contributed by atoms with E-state index in [0.29, 0.717) is 17.7 Å². The third kappa shape index (κ3) is 4.80. The summed E-state index contributed by atoms with van der Waals surface area (Å²) in [5, 5.41) is 2.66. The first-order valence-electron chi connectivity index (χ1n) is 6.92. The molecule has 0 aliphatic rings. The first-order chi connectivity index (χ1) is 9.81. The Balaban J connectivity index is 2.91. The fourth-order valence-corrected chi connectivity index (χ4v) is 2.86. The van der Waals surface area contributed by atoms with E-state index in [2.05, 4.69) is 10.0 Å². The van der Waals surface area contributed by atoms with E-state index in [4.69, 9.17) is 5.73 Å². The van der Waals surface area contributed by atoms with Crippen molar-refractivity contribution in [3.8, 4) is 0 Å². The zero-order valence-electron chi connectivity index (χ0n) is 12.6. The molecular weight excluding hydrogens is 290 g/mol. The third-order valence-corrected chi connectivity index (χ3v) is 4.78. The molecule has 1 aromatic rings. The normalized spacial score (nSPS) is 13.0. The lowest BCUT2D eigenvalue weighted by molar-refractivity contribution is -0.117. The molecule has 1 rings (SSSR count). The van der Waals surface area contributed by atoms with Crippen LogP contribution in [-0.2, 0) is 14.8 Å². The second-order valence-corrected chi connectivity index (χ2v) is 6.78. The maximum atomic E-state index is 11.9. The number of nitrogens with one attached hydrogen (secondary N) is 2. The standard InChI is InChI=1S/C14H23N3O3S/c1-4-5-6-12(15)14(18)17-11-8-7-10(2)13(9-11)21(19,20)16-3/h7-9,12,16H,4-6,15H2,1-3H3,(H,17,18)/t12-/m0/s1. The van der Waals surface area contributed by atoms with Crippen molar-refractivity contribution in [1.29, 1.82) is 0 Å². The Morgan fingerprint density at radius 2 is 2.05 bits per heavy atom. The number of hydrogen-bond acceptors (Lipinski definition) is 4. The Morgan fingerprint density at radius 1 is 1.38 bits per heavy atom. The van der Waals surface area contributed by atoms with Crippen LogP contribution in [0.2, 0.25) is 0 Å². The molecule has 0 heterocycles. The topological polar surface area (TPSA) is 101 Å². The molecule has 21 heavy (non-hydrogen) atoms. The Hall–Kier alpha value is -1.44. The number of carbonyl (C=O) groups is 1. The van der Waals surface area contributed by atoms with Crippen LogP contribution in [0.3, 0.4) is 0 Å². The largest absolute Gasteiger partial charge is 0.325 e. The molecule has 0 saturated carbocycles. The minimum atomic E-state index is -3.55. The molecule has 0 aliphatic heterocycles. The third-order valence-electron chi connectivity index (χ3n) is 3.22. The summed E-state index contributed by atoms with van der Waals surface area (Å²) in [7, 11) is -2.21. The average molecular weight is 313 g/mol. The molecule has 7 heteroatoms. The molecule has 1 atom stereocenters. The molecule has 1 aromatic carbocycles. The summed E-state index contributed by atoms with van der Waals surface area (Å²) < 4.78 is 26.0. The van der Waals surface area contributed by atoms with Crippen molar-refractivity contribution in [3.05, 3.63) is 23.8 Å². The summed E-state index contributed by atoms with van der Waals surface area (Å²) in [5.74, 6) is -0.305. The monoisotopic (exact) mass is 313 g/mol. The minimum absolute atomic E-state index is 0.143. The number of sulfonamides is 1. The quantitative estimate of drug-likeness (QED) is 0.707. The summed E-state index contributed by atoms with van der Waals surface area (Å²) >= 11 is 0. The van der Waals surface area contributed by atoms with Gasteiger partial charge in [0.2, 0.25) is 15.9 Å². The van der Waals surface area contributed by atoms with E-state index < -0.39 is 16.1 Å². The molecule has 1 amide bonds. The number of benzene rings is 1. The van der Waals surface area contributed by atoms with Gasteiger partial charge in [-0.2, -0.15) is 0 Å². The Kier molecular flexibility index (Phi) is 6.32. The minimum Gasteiger partial charge on any atom is -0.325 e. The number of nitrogens with two attached hydrogens (primary N) is 1. The highest BCUT2D eigenvalue weighted by molar-refractivity contribution is 7.89. The Bertz CT molecular complexity index is 599. The highest BCUT2D eigenvalue weighted by atomic mass is 32.2. The number of amides is 1. The number of rotatable bonds is 7. The highest BCUT2D eigenvalue weighted by Gasteiger charge is 2.17. The van der Waals surface area contributed by atoms with Gasteiger partial charge in [-0.3, -0.25) is 4.79 Å². The lowest BCUT2D eigenvalue weighted by Gasteiger charge is -2.13. The molecular formula is C14H23N3O3S. The summed E-state index contributed by atoms with van der Waals surface area (Å²) in [5.41, 5.74) is 6.82. The zero-order chi connectivity index (χ0) is 16.0. The lowest BCUT2D eigenvalue weighted by Crippen LogP contribution is -2.35. The second kappa shape index (κ2) is 7.53. The van der Waals surface area contributed by atoms with Gasteiger partial charge < -0.3 is 11.1 Å². The molecule has 0 radical (unpaired) electrons. The molecule has 6 nitrogen and oxygen atoms in total. The predicted molar refractivity (Wildman–Crippen MR) is 83.6 cm³/mol. The maximum Gasteiger partial charge on any atom is 0.241 e. The van der Waals surface area contributed by atoms with Crippen molar-refractivity contribution in [1.82, 2.24) is 4.72 Å². The summed E-state index contributed by atoms with van der Waals surface area (Å²) in [6.07, 6.45) is 2.45. The van der Waals surface area contributed by atoms with Crippen LogP contribution in [0.15, 0.2) is 23.1 Å². The molecule has 0 fully saturated rings. The number of carbonyl (C=O) groups excluding carboxylic acids is 1. The van der Waals surface area contributed by atoms with E-state index in [1.54, 1.807) is 19.1 Å². The molecule has 0 bridgehead atoms. The van der Waals surface area contributed by atoms with E-state index in [0.717, 1.165) is 12.8 Å². The Morgan fingerprint density at radius 3 is 2.62 bits per heavy atom. The van der Waals surface area contributed by atoms with Crippen molar-refractivity contribution in [2.45, 2.75) is 44.0 Å². The smallest absolute Gasteiger partial charge is 0.241 e. The van der Waals surface area contributed by atoms with Crippen molar-refractivity contribution in [2.75, 3.05) is 12.4 Å². The number of anilines is 1. The predicted octanol–water partition coefficient (Wildman–Crippen LogP) is 1.36. The van der Waals surface area contributed by atoms with Gasteiger partial charge in [-0.1, -0.05) is 25.8 Å². The van der Waals surface area contributed by atoms with Gasteiger partial charge in [-0.25, -0.2) is 13.1 Å². The van der Waals surface area contributed by atoms with Gasteiger partial charge in [0.1, 0.15) is 0 Å². The first kappa shape index (κ1) is 17.6. The molecule has 4 N–H and O–H groups in total. The van der Waals surface area contributed by atoms with E-state index >= 15 is 0 Å². The van der Waals surface area contributed by atoms with Crippen LogP contribution in [0.4, 0.5) is 5.69 Å². The van der Waals surface area contributed by atoms with Crippen molar-refractivity contribution < 1.29 is 13.2 Å². The van der Waals surface area contributed by atoms with Crippen LogP contribution < -0.4 is 15.8 Å². The van der Waals surface area contributed by atoms with Gasteiger partial charge in [-0.05, 0) is 38.1 Å². The molecule has 0 aliphatic carbocycles. The molecule has 0 spiro atoms. The summed E-state index contributed by atoms with van der Waals surface area (Å²) in [4.78, 5) is 12.1. The van der Waals surface area contributed by atoms with E-state index in [-0.39, 0.29) is 10.8 Å². The van der Waals surface area contributed by atoms with Crippen molar-refractivity contribution in [2.24, 2.45) is 5.73 Å². The Labute approximate surface area is 126 Å². The number of aryl methyl sites for hydroxylation is 1. The average Bonchev–Trinajstić information content (AvgIpc) is 2.46. The second-order valence-electron chi connectivity index (χ2n) is 4.93.